The molecule has 0 radical (unpaired) electrons. The average molecular weight is 311 g/mol. The molecule has 0 saturated heterocycles. The lowest BCUT2D eigenvalue weighted by molar-refractivity contribution is -0.121. The summed E-state index contributed by atoms with van der Waals surface area (Å²) < 4.78 is 26.8. The highest BCUT2D eigenvalue weighted by molar-refractivity contribution is 7.89. The van der Waals surface area contributed by atoms with Gasteiger partial charge in [-0.15, -0.1) is 0 Å². The molecule has 0 bridgehead atoms. The van der Waals surface area contributed by atoms with E-state index < -0.39 is 10.0 Å². The van der Waals surface area contributed by atoms with Crippen molar-refractivity contribution >= 4 is 21.6 Å². The van der Waals surface area contributed by atoms with Gasteiger partial charge in [-0.25, -0.2) is 13.1 Å². The monoisotopic (exact) mass is 311 g/mol. The van der Waals surface area contributed by atoms with E-state index in [0.29, 0.717) is 5.69 Å². The van der Waals surface area contributed by atoms with Gasteiger partial charge in [0.1, 0.15) is 0 Å². The van der Waals surface area contributed by atoms with E-state index in [1.165, 1.54) is 6.07 Å². The van der Waals surface area contributed by atoms with E-state index in [4.69, 9.17) is 5.73 Å². The van der Waals surface area contributed by atoms with E-state index in [2.05, 4.69) is 10.0 Å². The van der Waals surface area contributed by atoms with E-state index >= 15 is 0 Å². The second kappa shape index (κ2) is 6.03. The molecular formula is C14H21N3O3S. The van der Waals surface area contributed by atoms with Crippen LogP contribution in [0.4, 0.5) is 5.69 Å². The molecular weight excluding hydrogens is 290 g/mol. The Morgan fingerprint density at radius 3 is 2.57 bits per heavy atom. The minimum atomic E-state index is -3.64. The smallest absolute Gasteiger partial charge is 0.240 e. The Kier molecular flexibility index (Phi) is 4.53. The van der Waals surface area contributed by atoms with Crippen LogP contribution in [0.25, 0.3) is 0 Å². The first-order chi connectivity index (χ1) is 9.79. The fourth-order valence-corrected chi connectivity index (χ4v) is 3.07. The van der Waals surface area contributed by atoms with Crippen LogP contribution in [0.3, 0.4) is 0 Å². The minimum Gasteiger partial charge on any atom is -0.398 e. The van der Waals surface area contributed by atoms with Gasteiger partial charge in [0.2, 0.25) is 15.9 Å². The first kappa shape index (κ1) is 15.8. The highest BCUT2D eigenvalue weighted by Crippen LogP contribution is 2.21. The molecule has 0 unspecified atom stereocenters. The second-order valence-corrected chi connectivity index (χ2v) is 7.21. The number of benzene rings is 1. The zero-order chi connectivity index (χ0) is 15.6. The molecule has 1 amide bonds. The second-order valence-electron chi connectivity index (χ2n) is 5.44. The molecule has 0 atom stereocenters. The molecule has 0 heterocycles. The summed E-state index contributed by atoms with van der Waals surface area (Å²) in [6, 6.07) is 3.31. The molecule has 7 heteroatoms. The number of nitrogens with two attached hydrogens (primary N) is 1. The Balaban J connectivity index is 1.96. The Hall–Kier alpha value is -1.60. The van der Waals surface area contributed by atoms with Crippen LogP contribution in [-0.4, -0.2) is 26.9 Å². The number of hydrogen-bond donors (Lipinski definition) is 3. The van der Waals surface area contributed by atoms with Gasteiger partial charge in [-0.05, 0) is 49.9 Å². The number of carbonyl (C=O) groups is 1. The van der Waals surface area contributed by atoms with Crippen LogP contribution in [-0.2, 0) is 14.8 Å². The van der Waals surface area contributed by atoms with Crippen LogP contribution < -0.4 is 15.8 Å². The fraction of sp³-hybridized carbons (Fsp3) is 0.500. The maximum absolute atomic E-state index is 12.2. The highest BCUT2D eigenvalue weighted by atomic mass is 32.2. The van der Waals surface area contributed by atoms with E-state index in [1.54, 1.807) is 6.07 Å². The number of carbonyl (C=O) groups excluding carboxylic acids is 1. The van der Waals surface area contributed by atoms with Gasteiger partial charge < -0.3 is 11.1 Å². The van der Waals surface area contributed by atoms with Gasteiger partial charge in [-0.1, -0.05) is 0 Å². The van der Waals surface area contributed by atoms with Crippen molar-refractivity contribution in [3.05, 3.63) is 23.3 Å². The molecule has 0 aromatic heterocycles. The quantitative estimate of drug-likeness (QED) is 0.677. The molecule has 0 aliphatic heterocycles. The van der Waals surface area contributed by atoms with Gasteiger partial charge in [0.25, 0.3) is 0 Å². The SMILES string of the molecule is Cc1cc(S(=O)(=O)NCCC(=O)NC2CC2)cc(N)c1C. The topological polar surface area (TPSA) is 101 Å². The Morgan fingerprint density at radius 2 is 2.00 bits per heavy atom. The zero-order valence-electron chi connectivity index (χ0n) is 12.3. The fourth-order valence-electron chi connectivity index (χ4n) is 1.92. The summed E-state index contributed by atoms with van der Waals surface area (Å²) in [5.41, 5.74) is 7.94. The lowest BCUT2D eigenvalue weighted by Crippen LogP contribution is -2.31. The maximum atomic E-state index is 12.2. The van der Waals surface area contributed by atoms with Crippen LogP contribution >= 0.6 is 0 Å². The van der Waals surface area contributed by atoms with Gasteiger partial charge in [0.05, 0.1) is 4.90 Å². The standard InChI is InChI=1S/C14H21N3O3S/c1-9-7-12(8-13(15)10(9)2)21(19,20)16-6-5-14(18)17-11-3-4-11/h7-8,11,16H,3-6,15H2,1-2H3,(H,17,18). The zero-order valence-corrected chi connectivity index (χ0v) is 13.1. The summed E-state index contributed by atoms with van der Waals surface area (Å²) >= 11 is 0. The molecule has 116 valence electrons. The molecule has 2 rings (SSSR count). The molecule has 1 aromatic carbocycles. The minimum absolute atomic E-state index is 0.0771. The number of amides is 1. The van der Waals surface area contributed by atoms with Crippen molar-refractivity contribution in [2.75, 3.05) is 12.3 Å². The summed E-state index contributed by atoms with van der Waals surface area (Å²) in [4.78, 5) is 11.6. The van der Waals surface area contributed by atoms with Gasteiger partial charge in [-0.3, -0.25) is 4.79 Å². The van der Waals surface area contributed by atoms with Crippen molar-refractivity contribution < 1.29 is 13.2 Å². The van der Waals surface area contributed by atoms with Crippen molar-refractivity contribution in [2.45, 2.75) is 44.0 Å². The average Bonchev–Trinajstić information content (AvgIpc) is 3.18. The number of rotatable bonds is 6. The Bertz CT molecular complexity index is 628. The van der Waals surface area contributed by atoms with Crippen molar-refractivity contribution in [3.8, 4) is 0 Å². The van der Waals surface area contributed by atoms with E-state index in [-0.39, 0.29) is 29.8 Å². The molecule has 1 aliphatic carbocycles. The molecule has 21 heavy (non-hydrogen) atoms. The third-order valence-corrected chi connectivity index (χ3v) is 5.02. The Labute approximate surface area is 125 Å². The van der Waals surface area contributed by atoms with Gasteiger partial charge in [-0.2, -0.15) is 0 Å². The van der Waals surface area contributed by atoms with Crippen molar-refractivity contribution in [3.63, 3.8) is 0 Å². The lowest BCUT2D eigenvalue weighted by atomic mass is 10.1. The van der Waals surface area contributed by atoms with Crippen LogP contribution in [0.15, 0.2) is 17.0 Å². The number of aryl methyl sites for hydroxylation is 1. The number of hydrogen-bond acceptors (Lipinski definition) is 4. The molecule has 4 N–H and O–H groups in total. The Morgan fingerprint density at radius 1 is 1.33 bits per heavy atom. The predicted octanol–water partition coefficient (Wildman–Crippen LogP) is 0.833. The summed E-state index contributed by atoms with van der Waals surface area (Å²) in [5.74, 6) is -0.125. The third kappa shape index (κ3) is 4.18. The lowest BCUT2D eigenvalue weighted by Gasteiger charge is -2.11. The molecule has 1 saturated carbocycles. The molecule has 1 aliphatic rings. The van der Waals surface area contributed by atoms with Crippen LogP contribution in [0, 0.1) is 13.8 Å². The highest BCUT2D eigenvalue weighted by Gasteiger charge is 2.23. The summed E-state index contributed by atoms with van der Waals surface area (Å²) in [7, 11) is -3.64. The largest absolute Gasteiger partial charge is 0.398 e. The number of nitrogen functional groups attached to an aromatic ring is 1. The van der Waals surface area contributed by atoms with E-state index in [0.717, 1.165) is 24.0 Å². The summed E-state index contributed by atoms with van der Waals surface area (Å²) in [6.45, 7) is 3.73. The maximum Gasteiger partial charge on any atom is 0.240 e. The summed E-state index contributed by atoms with van der Waals surface area (Å²) in [5, 5.41) is 2.81. The van der Waals surface area contributed by atoms with E-state index in [9.17, 15) is 13.2 Å². The van der Waals surface area contributed by atoms with Crippen LogP contribution in [0.1, 0.15) is 30.4 Å². The van der Waals surface area contributed by atoms with Crippen LogP contribution in [0.5, 0.6) is 0 Å². The first-order valence-corrected chi connectivity index (χ1v) is 8.43. The predicted molar refractivity (Wildman–Crippen MR) is 81.3 cm³/mol. The molecule has 1 fully saturated rings. The molecule has 6 nitrogen and oxygen atoms in total. The van der Waals surface area contributed by atoms with Gasteiger partial charge >= 0.3 is 0 Å². The number of sulfonamides is 1. The van der Waals surface area contributed by atoms with E-state index in [1.807, 2.05) is 13.8 Å². The van der Waals surface area contributed by atoms with Crippen LogP contribution in [0.2, 0.25) is 0 Å². The van der Waals surface area contributed by atoms with Crippen molar-refractivity contribution in [1.29, 1.82) is 0 Å². The molecule has 1 aromatic rings. The number of nitrogens with one attached hydrogen (secondary N) is 2. The third-order valence-electron chi connectivity index (χ3n) is 3.58. The van der Waals surface area contributed by atoms with Gasteiger partial charge in [0.15, 0.2) is 0 Å². The normalized spacial score (nSPS) is 15.0. The van der Waals surface area contributed by atoms with Crippen molar-refractivity contribution in [2.24, 2.45) is 0 Å². The van der Waals surface area contributed by atoms with Gasteiger partial charge in [0, 0.05) is 24.7 Å². The molecule has 0 spiro atoms. The summed E-state index contributed by atoms with van der Waals surface area (Å²) in [6.07, 6.45) is 2.16. The number of anilines is 1. The van der Waals surface area contributed by atoms with Crippen molar-refractivity contribution in [1.82, 2.24) is 10.0 Å². The first-order valence-electron chi connectivity index (χ1n) is 6.95.